The number of para-hydroxylation sites is 1. The molecule has 2 aromatic carbocycles. The summed E-state index contributed by atoms with van der Waals surface area (Å²) in [6, 6.07) is 12.3. The summed E-state index contributed by atoms with van der Waals surface area (Å²) in [5.74, 6) is -0.471. The normalized spacial score (nSPS) is 11.4. The molecule has 30 heavy (non-hydrogen) atoms. The highest BCUT2D eigenvalue weighted by molar-refractivity contribution is 7.92. The molecule has 0 unspecified atom stereocenters. The van der Waals surface area contributed by atoms with Crippen LogP contribution in [0.4, 0.5) is 10.1 Å². The standard InChI is InChI=1S/C18H13FN6O4S/c19-13-6-1-2-7-15(13)25-10-14(22-24-25)11-4-3-5-12(8-11)23-30(28,29)16-9-20-18(27)21-17(16)26/h1-10,23H,(H2,20,21,26,27). The van der Waals surface area contributed by atoms with Gasteiger partial charge < -0.3 is 4.98 Å². The number of hydrogen-bond donors (Lipinski definition) is 3. The largest absolute Gasteiger partial charge is 0.325 e. The summed E-state index contributed by atoms with van der Waals surface area (Å²) in [6.45, 7) is 0. The quantitative estimate of drug-likeness (QED) is 0.437. The summed E-state index contributed by atoms with van der Waals surface area (Å²) in [6.07, 6.45) is 2.31. The number of anilines is 1. The number of nitrogens with one attached hydrogen (secondary N) is 3. The second kappa shape index (κ2) is 7.40. The van der Waals surface area contributed by atoms with Gasteiger partial charge in [-0.2, -0.15) is 0 Å². The minimum atomic E-state index is -4.26. The van der Waals surface area contributed by atoms with E-state index in [9.17, 15) is 22.4 Å². The number of benzene rings is 2. The van der Waals surface area contributed by atoms with Crippen molar-refractivity contribution < 1.29 is 12.8 Å². The number of hydrogen-bond acceptors (Lipinski definition) is 6. The van der Waals surface area contributed by atoms with E-state index in [1.165, 1.54) is 29.1 Å². The monoisotopic (exact) mass is 428 g/mol. The van der Waals surface area contributed by atoms with Crippen LogP contribution in [0.15, 0.2) is 75.4 Å². The van der Waals surface area contributed by atoms with Crippen LogP contribution in [0.5, 0.6) is 0 Å². The van der Waals surface area contributed by atoms with Gasteiger partial charge in [0.2, 0.25) is 0 Å². The Kier molecular flexibility index (Phi) is 4.75. The lowest BCUT2D eigenvalue weighted by Crippen LogP contribution is -2.29. The second-order valence-corrected chi connectivity index (χ2v) is 7.77. The molecule has 152 valence electrons. The SMILES string of the molecule is O=c1[nH]cc(S(=O)(=O)Nc2cccc(-c3cn(-c4ccccc4F)nn3)c2)c(=O)[nH]1. The Balaban J connectivity index is 1.65. The predicted octanol–water partition coefficient (Wildman–Crippen LogP) is 1.25. The molecule has 0 saturated heterocycles. The van der Waals surface area contributed by atoms with Crippen molar-refractivity contribution in [3.05, 3.63) is 87.6 Å². The van der Waals surface area contributed by atoms with Gasteiger partial charge in [-0.15, -0.1) is 5.10 Å². The Morgan fingerprint density at radius 2 is 1.87 bits per heavy atom. The van der Waals surface area contributed by atoms with Crippen LogP contribution in [-0.4, -0.2) is 33.4 Å². The van der Waals surface area contributed by atoms with Crippen LogP contribution in [-0.2, 0) is 10.0 Å². The number of sulfonamides is 1. The second-order valence-electron chi connectivity index (χ2n) is 6.12. The van der Waals surface area contributed by atoms with E-state index in [1.54, 1.807) is 30.3 Å². The van der Waals surface area contributed by atoms with Crippen molar-refractivity contribution in [2.75, 3.05) is 4.72 Å². The molecular formula is C18H13FN6O4S. The maximum absolute atomic E-state index is 13.9. The molecule has 12 heteroatoms. The van der Waals surface area contributed by atoms with Crippen LogP contribution < -0.4 is 16.0 Å². The zero-order valence-corrected chi connectivity index (χ0v) is 15.9. The van der Waals surface area contributed by atoms with Crippen molar-refractivity contribution in [1.82, 2.24) is 25.0 Å². The number of aromatic amines is 2. The molecule has 0 radical (unpaired) electrons. The first-order chi connectivity index (χ1) is 14.3. The Morgan fingerprint density at radius 3 is 2.63 bits per heavy atom. The van der Waals surface area contributed by atoms with Crippen molar-refractivity contribution >= 4 is 15.7 Å². The van der Waals surface area contributed by atoms with Crippen molar-refractivity contribution in [3.8, 4) is 16.9 Å². The fourth-order valence-electron chi connectivity index (χ4n) is 2.70. The minimum absolute atomic E-state index is 0.151. The molecule has 3 N–H and O–H groups in total. The number of rotatable bonds is 5. The van der Waals surface area contributed by atoms with E-state index in [2.05, 4.69) is 20.0 Å². The fraction of sp³-hybridized carbons (Fsp3) is 0. The molecule has 10 nitrogen and oxygen atoms in total. The average molecular weight is 428 g/mol. The van der Waals surface area contributed by atoms with Crippen LogP contribution in [0.3, 0.4) is 0 Å². The van der Waals surface area contributed by atoms with Crippen LogP contribution in [0.1, 0.15) is 0 Å². The first-order valence-electron chi connectivity index (χ1n) is 8.46. The van der Waals surface area contributed by atoms with E-state index in [-0.39, 0.29) is 11.4 Å². The van der Waals surface area contributed by atoms with Gasteiger partial charge in [0.25, 0.3) is 15.6 Å². The van der Waals surface area contributed by atoms with Gasteiger partial charge in [0.05, 0.1) is 6.20 Å². The molecule has 0 saturated carbocycles. The summed E-state index contributed by atoms with van der Waals surface area (Å²) in [4.78, 5) is 26.2. The zero-order chi connectivity index (χ0) is 21.3. The van der Waals surface area contributed by atoms with Gasteiger partial charge in [-0.25, -0.2) is 22.3 Å². The van der Waals surface area contributed by atoms with Gasteiger partial charge in [-0.05, 0) is 24.3 Å². The maximum atomic E-state index is 13.9. The van der Waals surface area contributed by atoms with Crippen molar-refractivity contribution in [3.63, 3.8) is 0 Å². The third-order valence-electron chi connectivity index (χ3n) is 4.08. The lowest BCUT2D eigenvalue weighted by atomic mass is 10.1. The number of nitrogens with zero attached hydrogens (tertiary/aromatic N) is 3. The first-order valence-corrected chi connectivity index (χ1v) is 9.94. The van der Waals surface area contributed by atoms with E-state index in [1.807, 2.05) is 4.98 Å². The van der Waals surface area contributed by atoms with Gasteiger partial charge >= 0.3 is 5.69 Å². The van der Waals surface area contributed by atoms with Crippen molar-refractivity contribution in [2.45, 2.75) is 4.90 Å². The van der Waals surface area contributed by atoms with Gasteiger partial charge in [-0.1, -0.05) is 29.5 Å². The highest BCUT2D eigenvalue weighted by Crippen LogP contribution is 2.23. The third kappa shape index (κ3) is 3.75. The molecule has 0 bridgehead atoms. The average Bonchev–Trinajstić information content (AvgIpc) is 3.18. The molecule has 0 aliphatic rings. The van der Waals surface area contributed by atoms with Crippen LogP contribution in [0.2, 0.25) is 0 Å². The van der Waals surface area contributed by atoms with E-state index in [4.69, 9.17) is 0 Å². The van der Waals surface area contributed by atoms with E-state index < -0.39 is 32.0 Å². The van der Waals surface area contributed by atoms with E-state index >= 15 is 0 Å². The molecule has 0 atom stereocenters. The van der Waals surface area contributed by atoms with Gasteiger partial charge in [0.1, 0.15) is 17.2 Å². The summed E-state index contributed by atoms with van der Waals surface area (Å²) in [5.41, 5.74) is -0.618. The first kappa shape index (κ1) is 19.3. The molecule has 0 aliphatic carbocycles. The van der Waals surface area contributed by atoms with E-state index in [0.29, 0.717) is 11.3 Å². The van der Waals surface area contributed by atoms with Crippen LogP contribution in [0.25, 0.3) is 16.9 Å². The minimum Gasteiger partial charge on any atom is -0.313 e. The van der Waals surface area contributed by atoms with Gasteiger partial charge in [-0.3, -0.25) is 14.5 Å². The number of halogens is 1. The van der Waals surface area contributed by atoms with Gasteiger partial charge in [0, 0.05) is 17.4 Å². The smallest absolute Gasteiger partial charge is 0.313 e. The van der Waals surface area contributed by atoms with E-state index in [0.717, 1.165) is 6.20 Å². The fourth-order valence-corrected chi connectivity index (χ4v) is 3.76. The molecular weight excluding hydrogens is 415 g/mol. The molecule has 0 amide bonds. The Bertz CT molecular complexity index is 1460. The Hall–Kier alpha value is -4.06. The molecule has 0 spiro atoms. The molecule has 0 aliphatic heterocycles. The lowest BCUT2D eigenvalue weighted by molar-refractivity contribution is 0.599. The Morgan fingerprint density at radius 1 is 1.07 bits per heavy atom. The van der Waals surface area contributed by atoms with Crippen molar-refractivity contribution in [2.24, 2.45) is 0 Å². The molecule has 2 heterocycles. The summed E-state index contributed by atoms with van der Waals surface area (Å²) < 4.78 is 42.4. The number of aromatic nitrogens is 5. The topological polar surface area (TPSA) is 143 Å². The Labute approximate surface area is 168 Å². The lowest BCUT2D eigenvalue weighted by Gasteiger charge is -2.08. The molecule has 4 aromatic rings. The summed E-state index contributed by atoms with van der Waals surface area (Å²) >= 11 is 0. The number of H-pyrrole nitrogens is 2. The summed E-state index contributed by atoms with van der Waals surface area (Å²) in [7, 11) is -4.26. The summed E-state index contributed by atoms with van der Waals surface area (Å²) in [5, 5.41) is 7.90. The highest BCUT2D eigenvalue weighted by Gasteiger charge is 2.19. The van der Waals surface area contributed by atoms with Crippen molar-refractivity contribution in [1.29, 1.82) is 0 Å². The highest BCUT2D eigenvalue weighted by atomic mass is 32.2. The predicted molar refractivity (Wildman–Crippen MR) is 105 cm³/mol. The van der Waals surface area contributed by atoms with Crippen LogP contribution in [0, 0.1) is 5.82 Å². The maximum Gasteiger partial charge on any atom is 0.325 e. The van der Waals surface area contributed by atoms with Gasteiger partial charge in [0.15, 0.2) is 4.90 Å². The third-order valence-corrected chi connectivity index (χ3v) is 5.46. The van der Waals surface area contributed by atoms with Crippen LogP contribution >= 0.6 is 0 Å². The zero-order valence-electron chi connectivity index (χ0n) is 15.0. The molecule has 0 fully saturated rings. The molecule has 2 aromatic heterocycles. The molecule has 4 rings (SSSR count).